The number of halogens is 1. The Hall–Kier alpha value is -2.44. The number of hydrogen-bond acceptors (Lipinski definition) is 4. The number of aryl methyl sites for hydroxylation is 1. The lowest BCUT2D eigenvalue weighted by molar-refractivity contribution is 1.09. The van der Waals surface area contributed by atoms with Gasteiger partial charge in [0.15, 0.2) is 0 Å². The second-order valence-corrected chi connectivity index (χ2v) is 6.65. The molecular weight excluding hydrogens is 334 g/mol. The number of nitrogens with one attached hydrogen (secondary N) is 2. The van der Waals surface area contributed by atoms with Gasteiger partial charge in [-0.25, -0.2) is 9.78 Å². The molecule has 0 bridgehead atoms. The van der Waals surface area contributed by atoms with Crippen LogP contribution >= 0.6 is 22.9 Å². The summed E-state index contributed by atoms with van der Waals surface area (Å²) in [5, 5.41) is 1.43. The van der Waals surface area contributed by atoms with Gasteiger partial charge in [0.1, 0.15) is 9.53 Å². The number of pyridine rings is 1. The lowest BCUT2D eigenvalue weighted by atomic mass is 10.0. The summed E-state index contributed by atoms with van der Waals surface area (Å²) in [5.74, 6) is 0. The first-order valence-electron chi connectivity index (χ1n) is 6.85. The predicted molar refractivity (Wildman–Crippen MR) is 93.6 cm³/mol. The number of thiophene rings is 1. The summed E-state index contributed by atoms with van der Waals surface area (Å²) >= 11 is 7.23. The number of fused-ring (bicyclic) bond motifs is 3. The molecule has 0 radical (unpaired) electrons. The molecule has 0 fully saturated rings. The molecule has 0 saturated heterocycles. The number of aromatic amines is 2. The van der Waals surface area contributed by atoms with Crippen molar-refractivity contribution in [3.63, 3.8) is 0 Å². The topological polar surface area (TPSA) is 78.6 Å². The van der Waals surface area contributed by atoms with Gasteiger partial charge >= 0.3 is 5.69 Å². The zero-order chi connectivity index (χ0) is 16.1. The van der Waals surface area contributed by atoms with E-state index in [2.05, 4.69) is 15.0 Å². The largest absolute Gasteiger partial charge is 0.326 e. The van der Waals surface area contributed by atoms with Gasteiger partial charge in [-0.3, -0.25) is 9.78 Å². The molecule has 0 amide bonds. The number of H-pyrrole nitrogens is 2. The van der Waals surface area contributed by atoms with Crippen molar-refractivity contribution in [2.75, 3.05) is 0 Å². The lowest BCUT2D eigenvalue weighted by Crippen LogP contribution is -2.20. The zero-order valence-corrected chi connectivity index (χ0v) is 13.5. The van der Waals surface area contributed by atoms with Gasteiger partial charge in [0.25, 0.3) is 5.56 Å². The molecule has 3 aromatic heterocycles. The molecular formula is C16H10ClN3O2S. The van der Waals surface area contributed by atoms with Crippen molar-refractivity contribution in [2.24, 2.45) is 0 Å². The second-order valence-electron chi connectivity index (χ2n) is 5.21. The molecule has 0 unspecified atom stereocenters. The summed E-state index contributed by atoms with van der Waals surface area (Å²) in [5.41, 5.74) is 2.31. The maximum absolute atomic E-state index is 12.0. The maximum atomic E-state index is 12.0. The highest BCUT2D eigenvalue weighted by molar-refractivity contribution is 7.25. The molecule has 0 aliphatic heterocycles. The van der Waals surface area contributed by atoms with Gasteiger partial charge in [-0.1, -0.05) is 23.7 Å². The first-order valence-corrected chi connectivity index (χ1v) is 8.05. The van der Waals surface area contributed by atoms with E-state index in [4.69, 9.17) is 11.6 Å². The summed E-state index contributed by atoms with van der Waals surface area (Å²) in [7, 11) is 0. The van der Waals surface area contributed by atoms with Gasteiger partial charge in [-0.15, -0.1) is 11.3 Å². The molecule has 3 heterocycles. The fourth-order valence-electron chi connectivity index (χ4n) is 2.66. The minimum atomic E-state index is -0.523. The second kappa shape index (κ2) is 5.04. The summed E-state index contributed by atoms with van der Waals surface area (Å²) in [6.45, 7) is 1.90. The third-order valence-electron chi connectivity index (χ3n) is 3.62. The van der Waals surface area contributed by atoms with Crippen LogP contribution in [0.4, 0.5) is 0 Å². The van der Waals surface area contributed by atoms with Crippen LogP contribution in [0, 0.1) is 6.92 Å². The fourth-order valence-corrected chi connectivity index (χ4v) is 3.88. The molecule has 0 spiro atoms. The summed E-state index contributed by atoms with van der Waals surface area (Å²) in [6, 6.07) is 9.37. The van der Waals surface area contributed by atoms with E-state index < -0.39 is 11.2 Å². The van der Waals surface area contributed by atoms with Crippen LogP contribution in [0.25, 0.3) is 31.6 Å². The molecule has 1 aromatic carbocycles. The Kier molecular flexibility index (Phi) is 3.11. The third kappa shape index (κ3) is 2.27. The molecule has 0 aliphatic rings. The van der Waals surface area contributed by atoms with Crippen LogP contribution in [0.5, 0.6) is 0 Å². The van der Waals surface area contributed by atoms with Crippen molar-refractivity contribution in [3.05, 3.63) is 61.9 Å². The van der Waals surface area contributed by atoms with Crippen molar-refractivity contribution >= 4 is 43.4 Å². The Morgan fingerprint density at radius 1 is 1.13 bits per heavy atom. The minimum Gasteiger partial charge on any atom is -0.305 e. The average Bonchev–Trinajstić information content (AvgIpc) is 2.86. The molecule has 114 valence electrons. The van der Waals surface area contributed by atoms with Crippen molar-refractivity contribution < 1.29 is 0 Å². The Morgan fingerprint density at radius 3 is 2.61 bits per heavy atom. The van der Waals surface area contributed by atoms with Crippen molar-refractivity contribution in [1.82, 2.24) is 15.0 Å². The van der Waals surface area contributed by atoms with Crippen molar-refractivity contribution in [2.45, 2.75) is 6.92 Å². The highest BCUT2D eigenvalue weighted by Gasteiger charge is 2.16. The van der Waals surface area contributed by atoms with E-state index in [0.29, 0.717) is 15.2 Å². The summed E-state index contributed by atoms with van der Waals surface area (Å²) in [4.78, 5) is 33.9. The predicted octanol–water partition coefficient (Wildman–Crippen LogP) is 3.45. The van der Waals surface area contributed by atoms with Gasteiger partial charge in [0, 0.05) is 16.1 Å². The van der Waals surface area contributed by atoms with E-state index in [1.807, 2.05) is 37.3 Å². The molecule has 0 aliphatic carbocycles. The Labute approximate surface area is 138 Å². The highest BCUT2D eigenvalue weighted by atomic mass is 35.5. The maximum Gasteiger partial charge on any atom is 0.326 e. The van der Waals surface area contributed by atoms with Crippen molar-refractivity contribution in [3.8, 4) is 11.1 Å². The van der Waals surface area contributed by atoms with E-state index in [9.17, 15) is 9.59 Å². The standard InChI is InChI=1S/C16H10ClN3O2S/c1-7-6-10(8-2-4-9(17)5-3-8)11-12-13(23-15(11)18-7)14(21)20-16(22)19-12/h2-6H,1H3,(H2,19,20,21,22). The van der Waals surface area contributed by atoms with E-state index in [1.54, 1.807) is 0 Å². The minimum absolute atomic E-state index is 0.397. The highest BCUT2D eigenvalue weighted by Crippen LogP contribution is 2.37. The van der Waals surface area contributed by atoms with Crippen LogP contribution in [0.1, 0.15) is 5.69 Å². The van der Waals surface area contributed by atoms with E-state index in [1.165, 1.54) is 11.3 Å². The third-order valence-corrected chi connectivity index (χ3v) is 4.95. The zero-order valence-electron chi connectivity index (χ0n) is 11.9. The first kappa shape index (κ1) is 14.2. The number of rotatable bonds is 1. The smallest absolute Gasteiger partial charge is 0.305 e. The molecule has 5 nitrogen and oxygen atoms in total. The van der Waals surface area contributed by atoms with Crippen LogP contribution in [0.15, 0.2) is 39.9 Å². The fraction of sp³-hybridized carbons (Fsp3) is 0.0625. The number of hydrogen-bond donors (Lipinski definition) is 2. The molecule has 4 rings (SSSR count). The quantitative estimate of drug-likeness (QED) is 0.555. The number of benzene rings is 1. The number of aromatic nitrogens is 3. The van der Waals surface area contributed by atoms with Gasteiger partial charge in [0.05, 0.1) is 5.52 Å². The molecule has 7 heteroatoms. The molecule has 0 atom stereocenters. The van der Waals surface area contributed by atoms with E-state index in [-0.39, 0.29) is 0 Å². The number of nitrogens with zero attached hydrogens (tertiary/aromatic N) is 1. The van der Waals surface area contributed by atoms with Crippen LogP contribution in [-0.4, -0.2) is 15.0 Å². The molecule has 4 aromatic rings. The summed E-state index contributed by atoms with van der Waals surface area (Å²) < 4.78 is 0.466. The van der Waals surface area contributed by atoms with Crippen LogP contribution in [0.3, 0.4) is 0 Å². The normalized spacial score (nSPS) is 11.4. The Balaban J connectivity index is 2.21. The van der Waals surface area contributed by atoms with Crippen molar-refractivity contribution in [1.29, 1.82) is 0 Å². The van der Waals surface area contributed by atoms with Crippen LogP contribution in [-0.2, 0) is 0 Å². The molecule has 23 heavy (non-hydrogen) atoms. The van der Waals surface area contributed by atoms with Crippen LogP contribution in [0.2, 0.25) is 5.02 Å². The molecule has 0 saturated carbocycles. The Bertz CT molecular complexity index is 1170. The Morgan fingerprint density at radius 2 is 1.87 bits per heavy atom. The molecule has 2 N–H and O–H groups in total. The van der Waals surface area contributed by atoms with Crippen LogP contribution < -0.4 is 11.2 Å². The van der Waals surface area contributed by atoms with Gasteiger partial charge in [-0.2, -0.15) is 0 Å². The summed E-state index contributed by atoms with van der Waals surface area (Å²) in [6.07, 6.45) is 0. The average molecular weight is 344 g/mol. The van der Waals surface area contributed by atoms with Gasteiger partial charge in [-0.05, 0) is 36.2 Å². The van der Waals surface area contributed by atoms with Gasteiger partial charge in [0.2, 0.25) is 0 Å². The first-order chi connectivity index (χ1) is 11.0. The van der Waals surface area contributed by atoms with Gasteiger partial charge < -0.3 is 4.98 Å². The van der Waals surface area contributed by atoms with E-state index >= 15 is 0 Å². The van der Waals surface area contributed by atoms with E-state index in [0.717, 1.165) is 27.0 Å². The SMILES string of the molecule is Cc1cc(-c2ccc(Cl)cc2)c2c(n1)sc1c(=O)[nH]c(=O)[nH]c12. The monoisotopic (exact) mass is 343 g/mol. The lowest BCUT2D eigenvalue weighted by Gasteiger charge is -2.06.